The third-order valence-corrected chi connectivity index (χ3v) is 5.00. The molecule has 1 saturated carbocycles. The number of hydrogen-bond acceptors (Lipinski definition) is 4. The molecule has 0 aromatic heterocycles. The molecule has 3 nitrogen and oxygen atoms in total. The fourth-order valence-electron chi connectivity index (χ4n) is 2.47. The highest BCUT2D eigenvalue weighted by molar-refractivity contribution is 7.99. The molecule has 1 N–H and O–H groups in total. The Kier molecular flexibility index (Phi) is 7.08. The molecule has 1 atom stereocenters. The van der Waals surface area contributed by atoms with Crippen molar-refractivity contribution in [1.82, 2.24) is 5.32 Å². The van der Waals surface area contributed by atoms with Gasteiger partial charge in [-0.15, -0.1) is 0 Å². The lowest BCUT2D eigenvalue weighted by Gasteiger charge is -2.28. The van der Waals surface area contributed by atoms with Gasteiger partial charge in [-0.05, 0) is 44.9 Å². The van der Waals surface area contributed by atoms with E-state index in [0.717, 1.165) is 18.2 Å². The maximum atomic E-state index is 12.0. The predicted octanol–water partition coefficient (Wildman–Crippen LogP) is 2.84. The molecular formula is C14H27NO2S. The molecule has 1 unspecified atom stereocenters. The Balaban J connectivity index is 2.37. The SMILES string of the molecule is CCNC(C)(CSCC1CCCC1)C(=O)OCC. The highest BCUT2D eigenvalue weighted by Crippen LogP contribution is 2.29. The van der Waals surface area contributed by atoms with Gasteiger partial charge in [0.15, 0.2) is 0 Å². The lowest BCUT2D eigenvalue weighted by Crippen LogP contribution is -2.52. The van der Waals surface area contributed by atoms with Crippen molar-refractivity contribution in [3.8, 4) is 0 Å². The van der Waals surface area contributed by atoms with Crippen molar-refractivity contribution in [1.29, 1.82) is 0 Å². The number of carbonyl (C=O) groups is 1. The van der Waals surface area contributed by atoms with E-state index in [9.17, 15) is 4.79 Å². The number of nitrogens with one attached hydrogen (secondary N) is 1. The third kappa shape index (κ3) is 4.81. The molecule has 106 valence electrons. The standard InChI is InChI=1S/C14H27NO2S/c1-4-15-14(3,13(16)17-5-2)11-18-10-12-8-6-7-9-12/h12,15H,4-11H2,1-3H3. The number of ether oxygens (including phenoxy) is 1. The largest absolute Gasteiger partial charge is 0.465 e. The molecule has 0 saturated heterocycles. The van der Waals surface area contributed by atoms with Gasteiger partial charge in [0, 0.05) is 5.75 Å². The van der Waals surface area contributed by atoms with E-state index in [4.69, 9.17) is 4.74 Å². The third-order valence-electron chi connectivity index (χ3n) is 3.51. The molecule has 0 aromatic rings. The van der Waals surface area contributed by atoms with E-state index in [1.54, 1.807) is 0 Å². The van der Waals surface area contributed by atoms with Gasteiger partial charge in [-0.3, -0.25) is 4.79 Å². The Hall–Kier alpha value is -0.220. The molecule has 0 aliphatic heterocycles. The number of rotatable bonds is 8. The topological polar surface area (TPSA) is 38.3 Å². The van der Waals surface area contributed by atoms with Crippen LogP contribution in [0.15, 0.2) is 0 Å². The first-order valence-corrected chi connectivity index (χ1v) is 8.28. The molecule has 0 bridgehead atoms. The monoisotopic (exact) mass is 273 g/mol. The molecule has 4 heteroatoms. The van der Waals surface area contributed by atoms with E-state index in [1.807, 2.05) is 32.5 Å². The van der Waals surface area contributed by atoms with E-state index < -0.39 is 5.54 Å². The zero-order valence-corrected chi connectivity index (χ0v) is 12.8. The normalized spacial score (nSPS) is 19.7. The summed E-state index contributed by atoms with van der Waals surface area (Å²) < 4.78 is 5.17. The molecule has 1 aliphatic carbocycles. The number of thioether (sulfide) groups is 1. The summed E-state index contributed by atoms with van der Waals surface area (Å²) in [5.74, 6) is 2.73. The molecule has 0 heterocycles. The Morgan fingerprint density at radius 3 is 2.61 bits per heavy atom. The van der Waals surface area contributed by atoms with Crippen LogP contribution in [0.5, 0.6) is 0 Å². The zero-order chi connectivity index (χ0) is 13.4. The smallest absolute Gasteiger partial charge is 0.326 e. The maximum Gasteiger partial charge on any atom is 0.326 e. The summed E-state index contributed by atoms with van der Waals surface area (Å²) in [5, 5.41) is 3.27. The van der Waals surface area contributed by atoms with Gasteiger partial charge >= 0.3 is 5.97 Å². The Bertz CT molecular complexity index is 254. The first-order valence-electron chi connectivity index (χ1n) is 7.12. The minimum absolute atomic E-state index is 0.120. The molecule has 1 fully saturated rings. The van der Waals surface area contributed by atoms with Crippen molar-refractivity contribution in [3.63, 3.8) is 0 Å². The van der Waals surface area contributed by atoms with Crippen LogP contribution in [0, 0.1) is 5.92 Å². The lowest BCUT2D eigenvalue weighted by atomic mass is 10.1. The minimum atomic E-state index is -0.534. The van der Waals surface area contributed by atoms with Crippen LogP contribution in [0.25, 0.3) is 0 Å². The number of carbonyl (C=O) groups excluding carboxylic acids is 1. The summed E-state index contributed by atoms with van der Waals surface area (Å²) in [6.45, 7) is 7.08. The Morgan fingerprint density at radius 2 is 2.06 bits per heavy atom. The second-order valence-corrected chi connectivity index (χ2v) is 6.28. The lowest BCUT2D eigenvalue weighted by molar-refractivity contribution is -0.149. The van der Waals surface area contributed by atoms with Gasteiger partial charge in [-0.1, -0.05) is 19.8 Å². The van der Waals surface area contributed by atoms with Crippen molar-refractivity contribution in [2.24, 2.45) is 5.92 Å². The van der Waals surface area contributed by atoms with Crippen molar-refractivity contribution < 1.29 is 9.53 Å². The highest BCUT2D eigenvalue weighted by atomic mass is 32.2. The summed E-state index contributed by atoms with van der Waals surface area (Å²) in [6, 6.07) is 0. The zero-order valence-electron chi connectivity index (χ0n) is 12.0. The van der Waals surface area contributed by atoms with E-state index in [2.05, 4.69) is 5.32 Å². The van der Waals surface area contributed by atoms with Crippen LogP contribution >= 0.6 is 11.8 Å². The quantitative estimate of drug-likeness (QED) is 0.690. The average molecular weight is 273 g/mol. The molecule has 1 aliphatic rings. The fourth-order valence-corrected chi connectivity index (χ4v) is 3.88. The van der Waals surface area contributed by atoms with Crippen molar-refractivity contribution in [2.45, 2.75) is 52.0 Å². The second kappa shape index (κ2) is 8.05. The van der Waals surface area contributed by atoms with Crippen LogP contribution in [-0.4, -0.2) is 36.2 Å². The van der Waals surface area contributed by atoms with Gasteiger partial charge in [-0.2, -0.15) is 11.8 Å². The van der Waals surface area contributed by atoms with Gasteiger partial charge in [0.25, 0.3) is 0 Å². The summed E-state index contributed by atoms with van der Waals surface area (Å²) in [7, 11) is 0. The minimum Gasteiger partial charge on any atom is -0.465 e. The van der Waals surface area contributed by atoms with Crippen LogP contribution in [0.4, 0.5) is 0 Å². The summed E-state index contributed by atoms with van der Waals surface area (Å²) in [5.41, 5.74) is -0.534. The molecule has 0 aromatic carbocycles. The second-order valence-electron chi connectivity index (χ2n) is 5.25. The number of esters is 1. The first-order chi connectivity index (χ1) is 8.62. The predicted molar refractivity (Wildman–Crippen MR) is 78.0 cm³/mol. The highest BCUT2D eigenvalue weighted by Gasteiger charge is 2.34. The fraction of sp³-hybridized carbons (Fsp3) is 0.929. The van der Waals surface area contributed by atoms with Crippen molar-refractivity contribution >= 4 is 17.7 Å². The first kappa shape index (κ1) is 15.8. The Morgan fingerprint density at radius 1 is 1.39 bits per heavy atom. The van der Waals surface area contributed by atoms with Crippen LogP contribution in [0.1, 0.15) is 46.5 Å². The van der Waals surface area contributed by atoms with Gasteiger partial charge in [-0.25, -0.2) is 0 Å². The molecule has 0 spiro atoms. The average Bonchev–Trinajstić information content (AvgIpc) is 2.83. The molecule has 1 rings (SSSR count). The molecule has 0 radical (unpaired) electrons. The van der Waals surface area contributed by atoms with Crippen LogP contribution < -0.4 is 5.32 Å². The van der Waals surface area contributed by atoms with E-state index in [1.165, 1.54) is 31.4 Å². The van der Waals surface area contributed by atoms with Crippen LogP contribution in [0.2, 0.25) is 0 Å². The van der Waals surface area contributed by atoms with Gasteiger partial charge in [0.1, 0.15) is 5.54 Å². The van der Waals surface area contributed by atoms with Crippen LogP contribution in [0.3, 0.4) is 0 Å². The molecule has 0 amide bonds. The molecular weight excluding hydrogens is 246 g/mol. The number of likely N-dealkylation sites (N-methyl/N-ethyl adjacent to an activating group) is 1. The van der Waals surface area contributed by atoms with E-state index in [-0.39, 0.29) is 5.97 Å². The van der Waals surface area contributed by atoms with E-state index >= 15 is 0 Å². The summed E-state index contributed by atoms with van der Waals surface area (Å²) in [6.07, 6.45) is 5.50. The Labute approximate surface area is 115 Å². The number of hydrogen-bond donors (Lipinski definition) is 1. The van der Waals surface area contributed by atoms with E-state index in [0.29, 0.717) is 6.61 Å². The summed E-state index contributed by atoms with van der Waals surface area (Å²) >= 11 is 1.89. The van der Waals surface area contributed by atoms with Gasteiger partial charge in [0.05, 0.1) is 6.61 Å². The molecule has 18 heavy (non-hydrogen) atoms. The van der Waals surface area contributed by atoms with Crippen LogP contribution in [-0.2, 0) is 9.53 Å². The maximum absolute atomic E-state index is 12.0. The van der Waals surface area contributed by atoms with Gasteiger partial charge < -0.3 is 10.1 Å². The van der Waals surface area contributed by atoms with Gasteiger partial charge in [0.2, 0.25) is 0 Å². The van der Waals surface area contributed by atoms with Crippen molar-refractivity contribution in [2.75, 3.05) is 24.7 Å². The summed E-state index contributed by atoms with van der Waals surface area (Å²) in [4.78, 5) is 12.0. The van der Waals surface area contributed by atoms with Crippen molar-refractivity contribution in [3.05, 3.63) is 0 Å².